The molecule has 0 amide bonds. The van der Waals surface area contributed by atoms with Gasteiger partial charge >= 0.3 is 0 Å². The van der Waals surface area contributed by atoms with Crippen molar-refractivity contribution in [1.82, 2.24) is 19.9 Å². The van der Waals surface area contributed by atoms with Crippen LogP contribution in [0.1, 0.15) is 213 Å². The number of fused-ring (bicyclic) bond motifs is 8. The highest BCUT2D eigenvalue weighted by atomic mass is 16.1. The van der Waals surface area contributed by atoms with Gasteiger partial charge in [0.05, 0.1) is 0 Å². The molecule has 4 N–H and O–H groups in total. The maximum absolute atomic E-state index is 12.0. The molecule has 4 aromatic heterocycles. The van der Waals surface area contributed by atoms with Crippen molar-refractivity contribution in [2.24, 2.45) is 0 Å². The summed E-state index contributed by atoms with van der Waals surface area (Å²) in [6.45, 7) is 41.6. The average molecular weight is 981 g/mol. The van der Waals surface area contributed by atoms with Crippen molar-refractivity contribution in [3.63, 3.8) is 0 Å². The zero-order valence-corrected chi connectivity index (χ0v) is 47.6. The lowest BCUT2D eigenvalue weighted by atomic mass is 9.78. The molecular formula is C69H80N4O. The van der Waals surface area contributed by atoms with Crippen LogP contribution in [0.5, 0.6) is 0 Å². The molecule has 0 saturated carbocycles. The molecule has 0 radical (unpaired) electrons. The molecular weight excluding hydrogens is 901 g/mol. The lowest BCUT2D eigenvalue weighted by molar-refractivity contribution is 0.112. The van der Waals surface area contributed by atoms with Crippen LogP contribution in [0.15, 0.2) is 127 Å². The molecule has 4 aromatic carbocycles. The minimum atomic E-state index is -0.0933. The predicted molar refractivity (Wildman–Crippen MR) is 311 cm³/mol. The Labute approximate surface area is 441 Å². The first kappa shape index (κ1) is 52.0. The number of hydrogen-bond acceptors (Lipinski definition) is 1. The fourth-order valence-corrected chi connectivity index (χ4v) is 10.2. The van der Waals surface area contributed by atoms with E-state index in [1.54, 1.807) is 0 Å². The van der Waals surface area contributed by atoms with E-state index in [4.69, 9.17) is 0 Å². The summed E-state index contributed by atoms with van der Waals surface area (Å²) in [7, 11) is 0. The van der Waals surface area contributed by atoms with Crippen LogP contribution < -0.4 is 21.4 Å². The maximum atomic E-state index is 12.0. The van der Waals surface area contributed by atoms with Crippen LogP contribution in [-0.4, -0.2) is 26.2 Å². The van der Waals surface area contributed by atoms with Crippen molar-refractivity contribution >= 4 is 28.6 Å². The first-order valence-corrected chi connectivity index (χ1v) is 26.7. The Morgan fingerprint density at radius 1 is 0.270 bits per heavy atom. The van der Waals surface area contributed by atoms with E-state index in [2.05, 4.69) is 260 Å². The van der Waals surface area contributed by atoms with Crippen molar-refractivity contribution in [2.75, 3.05) is 0 Å². The monoisotopic (exact) mass is 981 g/mol. The zero-order chi connectivity index (χ0) is 53.7. The Morgan fingerprint density at radius 2 is 0.500 bits per heavy atom. The molecule has 0 atom stereocenters. The standard InChI is InChI=1S/C69H80N4O/c1-64(2,3)46-31-43(32-47(37-46)65(4,5)6)61-54-25-23-52(70-54)60(42-21-19-41(40-74)20-22-42)53-24-26-55(71-53)62(44-33-48(66(7,8)9)38-49(34-44)67(10,11)12)57-28-30-59(73-57)63(58-29-27-56(61)72-58)45-35-50(68(13,14)15)39-51(36-45)69(16,17)18/h19-40,70-73H,1-18H3. The van der Waals surface area contributed by atoms with Gasteiger partial charge in [0.1, 0.15) is 6.29 Å². The van der Waals surface area contributed by atoms with Gasteiger partial charge in [0.2, 0.25) is 0 Å². The van der Waals surface area contributed by atoms with Crippen LogP contribution in [0.4, 0.5) is 0 Å². The Bertz CT molecular complexity index is 3620. The number of aromatic nitrogens is 4. The average Bonchev–Trinajstić information content (AvgIpc) is 4.16. The first-order valence-electron chi connectivity index (χ1n) is 26.7. The van der Waals surface area contributed by atoms with Crippen molar-refractivity contribution in [3.8, 4) is 0 Å². The van der Waals surface area contributed by atoms with Crippen molar-refractivity contribution < 1.29 is 4.79 Å². The number of hydrogen-bond donors (Lipinski definition) is 4. The highest BCUT2D eigenvalue weighted by Crippen LogP contribution is 2.38. The number of benzene rings is 4. The van der Waals surface area contributed by atoms with E-state index >= 15 is 0 Å². The summed E-state index contributed by atoms with van der Waals surface area (Å²) in [4.78, 5) is 28.3. The predicted octanol–water partition coefficient (Wildman–Crippen LogP) is 13.9. The lowest BCUT2D eigenvalue weighted by Gasteiger charge is -2.27. The molecule has 8 aromatic rings. The second kappa shape index (κ2) is 18.2. The normalized spacial score (nSPS) is 14.0. The van der Waals surface area contributed by atoms with Gasteiger partial charge in [-0.05, 0) is 137 Å². The van der Waals surface area contributed by atoms with Crippen LogP contribution in [0.25, 0.3) is 22.3 Å². The van der Waals surface area contributed by atoms with E-state index in [1.807, 2.05) is 12.1 Å². The zero-order valence-electron chi connectivity index (χ0n) is 47.6. The minimum absolute atomic E-state index is 0.0900. The molecule has 382 valence electrons. The number of H-pyrrole nitrogens is 4. The number of nitrogens with one attached hydrogen (secondary N) is 4. The maximum Gasteiger partial charge on any atom is 0.150 e. The number of carbonyl (C=O) groups excluding carboxylic acids is 1. The van der Waals surface area contributed by atoms with Gasteiger partial charge in [-0.3, -0.25) is 4.79 Å². The van der Waals surface area contributed by atoms with Crippen LogP contribution in [0.2, 0.25) is 0 Å². The van der Waals surface area contributed by atoms with E-state index in [0.29, 0.717) is 5.56 Å². The van der Waals surface area contributed by atoms with E-state index in [1.165, 1.54) is 33.4 Å². The van der Waals surface area contributed by atoms with Crippen LogP contribution in [-0.2, 0) is 32.5 Å². The van der Waals surface area contributed by atoms with Gasteiger partial charge < -0.3 is 19.9 Å². The Balaban J connectivity index is 1.49. The van der Waals surface area contributed by atoms with Gasteiger partial charge in [0.25, 0.3) is 0 Å². The second-order valence-electron chi connectivity index (χ2n) is 27.3. The molecule has 0 fully saturated rings. The number of carbonyl (C=O) groups is 1. The van der Waals surface area contributed by atoms with Crippen LogP contribution in [0.3, 0.4) is 0 Å². The van der Waals surface area contributed by atoms with Crippen LogP contribution in [0, 0.1) is 0 Å². The summed E-state index contributed by atoms with van der Waals surface area (Å²) in [5, 5.41) is 3.99. The number of aldehydes is 1. The van der Waals surface area contributed by atoms with Gasteiger partial charge in [0, 0.05) is 72.0 Å². The molecule has 0 spiro atoms. The van der Waals surface area contributed by atoms with Crippen molar-refractivity contribution in [3.05, 3.63) is 233 Å². The third-order valence-electron chi connectivity index (χ3n) is 15.1. The SMILES string of the molecule is CC(C)(C)c1cc(C2=c3ccc([nH]3)=C(c3ccc(C=O)cc3)c3ccc([nH]3)C(c3cc(C(C)(C)C)cc(C(C)(C)C)c3)=c3ccc([nH]3)=C(c3cc(C(C)(C)C)cc(C(C)(C)C)c3)c3ccc2[nH]3)cc(C(C)(C)C)c1. The fourth-order valence-electron chi connectivity index (χ4n) is 10.2. The lowest BCUT2D eigenvalue weighted by Crippen LogP contribution is -2.21. The van der Waals surface area contributed by atoms with E-state index < -0.39 is 0 Å². The molecule has 5 nitrogen and oxygen atoms in total. The highest BCUT2D eigenvalue weighted by Gasteiger charge is 2.28. The number of rotatable bonds is 5. The van der Waals surface area contributed by atoms with E-state index in [-0.39, 0.29) is 32.5 Å². The van der Waals surface area contributed by atoms with Gasteiger partial charge in [-0.15, -0.1) is 0 Å². The molecule has 5 heteroatoms. The summed E-state index contributed by atoms with van der Waals surface area (Å²) in [6, 6.07) is 47.6. The van der Waals surface area contributed by atoms with Gasteiger partial charge in [-0.2, -0.15) is 0 Å². The van der Waals surface area contributed by atoms with Gasteiger partial charge in [0.15, 0.2) is 0 Å². The first-order chi connectivity index (χ1) is 34.4. The van der Waals surface area contributed by atoms with Gasteiger partial charge in [-0.1, -0.05) is 203 Å². The Kier molecular flexibility index (Phi) is 12.8. The quantitative estimate of drug-likeness (QED) is 0.127. The summed E-state index contributed by atoms with van der Waals surface area (Å²) in [6.07, 6.45) is 0.910. The minimum Gasteiger partial charge on any atom is -0.354 e. The molecule has 0 aliphatic carbocycles. The molecule has 1 aliphatic heterocycles. The summed E-state index contributed by atoms with van der Waals surface area (Å²) in [5.74, 6) is 0. The molecule has 9 rings (SSSR count). The largest absolute Gasteiger partial charge is 0.354 e. The molecule has 8 bridgehead atoms. The molecule has 0 unspecified atom stereocenters. The van der Waals surface area contributed by atoms with Crippen LogP contribution >= 0.6 is 0 Å². The Morgan fingerprint density at radius 3 is 0.716 bits per heavy atom. The smallest absolute Gasteiger partial charge is 0.150 e. The summed E-state index contributed by atoms with van der Waals surface area (Å²) < 4.78 is 0. The summed E-state index contributed by atoms with van der Waals surface area (Å²) >= 11 is 0. The molecule has 1 aliphatic rings. The fraction of sp³-hybridized carbons (Fsp3) is 0.348. The van der Waals surface area contributed by atoms with Crippen molar-refractivity contribution in [1.29, 1.82) is 0 Å². The van der Waals surface area contributed by atoms with Gasteiger partial charge in [-0.25, -0.2) is 0 Å². The van der Waals surface area contributed by atoms with E-state index in [9.17, 15) is 4.79 Å². The van der Waals surface area contributed by atoms with E-state index in [0.717, 1.165) is 95.0 Å². The third-order valence-corrected chi connectivity index (χ3v) is 15.1. The topological polar surface area (TPSA) is 80.2 Å². The summed E-state index contributed by atoms with van der Waals surface area (Å²) in [5.41, 5.74) is 20.5. The second-order valence-corrected chi connectivity index (χ2v) is 27.3. The Hall–Kier alpha value is -6.85. The van der Waals surface area contributed by atoms with Crippen molar-refractivity contribution in [2.45, 2.75) is 157 Å². The molecule has 5 heterocycles. The number of aromatic amines is 4. The highest BCUT2D eigenvalue weighted by molar-refractivity contribution is 5.86. The third kappa shape index (κ3) is 10.3. The molecule has 74 heavy (non-hydrogen) atoms. The molecule has 0 saturated heterocycles.